The molecule has 0 spiro atoms. The molecule has 16 heavy (non-hydrogen) atoms. The molecule has 0 radical (unpaired) electrons. The minimum absolute atomic E-state index is 0.624. The predicted molar refractivity (Wildman–Crippen MR) is 51.5 cm³/mol. The second kappa shape index (κ2) is 4.25. The third kappa shape index (κ3) is 2.03. The Bertz CT molecular complexity index is 286. The van der Waals surface area contributed by atoms with Gasteiger partial charge in [0.15, 0.2) is 0 Å². The largest absolute Gasteiger partial charge is 0.471 e. The van der Waals surface area contributed by atoms with Gasteiger partial charge in [-0.3, -0.25) is 4.79 Å². The van der Waals surface area contributed by atoms with Crippen LogP contribution < -0.4 is 0 Å². The van der Waals surface area contributed by atoms with Crippen LogP contribution in [-0.2, 0) is 9.53 Å². The Balaban J connectivity index is 2.94. The van der Waals surface area contributed by atoms with Gasteiger partial charge in [-0.1, -0.05) is 0 Å². The van der Waals surface area contributed by atoms with Gasteiger partial charge in [0.2, 0.25) is 0 Å². The van der Waals surface area contributed by atoms with Crippen molar-refractivity contribution >= 4 is 13.8 Å². The summed E-state index contributed by atoms with van der Waals surface area (Å²) in [4.78, 5) is 11.8. The Morgan fingerprint density at radius 2 is 2.00 bits per heavy atom. The number of aliphatic hydroxyl groups is 1. The summed E-state index contributed by atoms with van der Waals surface area (Å²) in [5.41, 5.74) is 0. The van der Waals surface area contributed by atoms with Crippen LogP contribution in [0.25, 0.3) is 0 Å². The highest BCUT2D eigenvalue weighted by atomic mass is 19.4. The van der Waals surface area contributed by atoms with Crippen LogP contribution in [0.2, 0.25) is 0 Å². The first kappa shape index (κ1) is 13.3. The minimum Gasteiger partial charge on any atom is -0.388 e. The fourth-order valence-electron chi connectivity index (χ4n) is 2.11. The van der Waals surface area contributed by atoms with Gasteiger partial charge in [-0.15, -0.1) is 0 Å². The van der Waals surface area contributed by atoms with E-state index in [1.807, 2.05) is 0 Å². The molecule has 4 atom stereocenters. The van der Waals surface area contributed by atoms with Crippen LogP contribution in [0.15, 0.2) is 0 Å². The highest BCUT2D eigenvalue weighted by Gasteiger charge is 2.53. The zero-order valence-corrected chi connectivity index (χ0v) is 9.15. The van der Waals surface area contributed by atoms with Crippen molar-refractivity contribution in [3.05, 3.63) is 0 Å². The van der Waals surface area contributed by atoms with E-state index in [2.05, 4.69) is 0 Å². The van der Waals surface area contributed by atoms with Gasteiger partial charge in [-0.25, -0.2) is 0 Å². The summed E-state index contributed by atoms with van der Waals surface area (Å²) in [5.74, 6) is -2.74. The summed E-state index contributed by atoms with van der Waals surface area (Å²) in [6, 6.07) is -0.908. The molecule has 1 saturated heterocycles. The number of aliphatic hydroxyl groups excluding tert-OH is 1. The van der Waals surface area contributed by atoms with Crippen LogP contribution >= 0.6 is 0 Å². The zero-order valence-electron chi connectivity index (χ0n) is 9.15. The van der Waals surface area contributed by atoms with Crippen LogP contribution in [0.4, 0.5) is 13.2 Å². The predicted octanol–water partition coefficient (Wildman–Crippen LogP) is -0.886. The summed E-state index contributed by atoms with van der Waals surface area (Å²) in [6.45, 7) is 1.36. The number of hydrogen-bond donors (Lipinski definition) is 1. The second-order valence-electron chi connectivity index (χ2n) is 3.88. The van der Waals surface area contributed by atoms with Crippen molar-refractivity contribution in [2.45, 2.75) is 37.3 Å². The number of nitrogens with zero attached hydrogens (tertiary/aromatic N) is 1. The molecule has 1 rings (SSSR count). The van der Waals surface area contributed by atoms with E-state index < -0.39 is 36.3 Å². The highest BCUT2D eigenvalue weighted by Crippen LogP contribution is 2.30. The van der Waals surface area contributed by atoms with E-state index in [1.165, 1.54) is 21.9 Å². The number of ether oxygens (including phenoxy) is 1. The molecule has 1 aliphatic rings. The van der Waals surface area contributed by atoms with E-state index >= 15 is 0 Å². The molecular weight excluding hydrogens is 226 g/mol. The van der Waals surface area contributed by atoms with Gasteiger partial charge < -0.3 is 14.7 Å². The van der Waals surface area contributed by atoms with E-state index in [0.717, 1.165) is 0 Å². The van der Waals surface area contributed by atoms with Crippen molar-refractivity contribution in [1.82, 2.24) is 4.90 Å². The van der Waals surface area contributed by atoms with E-state index in [4.69, 9.17) is 4.74 Å². The molecule has 1 N–H and O–H groups in total. The van der Waals surface area contributed by atoms with Gasteiger partial charge in [0, 0.05) is 13.1 Å². The summed E-state index contributed by atoms with van der Waals surface area (Å²) in [7, 11) is 2.71. The summed E-state index contributed by atoms with van der Waals surface area (Å²) in [5, 5.41) is 9.63. The monoisotopic (exact) mass is 239 g/mol. The first-order chi connectivity index (χ1) is 7.21. The maximum absolute atomic E-state index is 12.3. The Morgan fingerprint density at radius 1 is 1.50 bits per heavy atom. The molecule has 0 aromatic rings. The molecule has 0 bridgehead atoms. The van der Waals surface area contributed by atoms with Gasteiger partial charge >= 0.3 is 12.1 Å². The first-order valence-electron chi connectivity index (χ1n) is 4.82. The number of rotatable bonds is 1. The maximum atomic E-state index is 12.3. The average Bonchev–Trinajstić information content (AvgIpc) is 2.36. The number of carbonyl (C=O) groups excluding carboxylic acids is 1. The highest BCUT2D eigenvalue weighted by molar-refractivity contribution is 6.14. The fraction of sp³-hybridized carbons (Fsp3) is 0.875. The van der Waals surface area contributed by atoms with Crippen LogP contribution in [0.3, 0.4) is 0 Å². The Kier molecular flexibility index (Phi) is 3.54. The van der Waals surface area contributed by atoms with Crippen molar-refractivity contribution < 1.29 is 27.8 Å². The minimum atomic E-state index is -4.93. The van der Waals surface area contributed by atoms with Gasteiger partial charge in [0.1, 0.15) is 14.0 Å². The van der Waals surface area contributed by atoms with E-state index in [0.29, 0.717) is 4.90 Å². The lowest BCUT2D eigenvalue weighted by atomic mass is 9.90. The summed E-state index contributed by atoms with van der Waals surface area (Å²) < 4.78 is 41.8. The number of methoxy groups -OCH3 is 1. The zero-order chi connectivity index (χ0) is 12.7. The second-order valence-corrected chi connectivity index (χ2v) is 3.88. The van der Waals surface area contributed by atoms with Crippen LogP contribution in [0, 0.1) is 0 Å². The molecule has 0 aromatic carbocycles. The topological polar surface area (TPSA) is 49.8 Å². The number of alkyl halides is 3. The van der Waals surface area contributed by atoms with Gasteiger partial charge in [0.05, 0.1) is 12.1 Å². The molecule has 1 heterocycles. The standard InChI is InChI=1S/C8H13BF3NO3/c1-3-4(14)5(16-2)6(9)13(3)7(15)8(10,11)12/h3-6,14H,9H2,1-2H3/t3-,4-,5-,6-/m1/s1. The van der Waals surface area contributed by atoms with Crippen molar-refractivity contribution in [1.29, 1.82) is 0 Å². The molecule has 0 aliphatic carbocycles. The quantitative estimate of drug-likeness (QED) is 0.604. The number of carbonyl (C=O) groups is 1. The third-order valence-electron chi connectivity index (χ3n) is 2.93. The van der Waals surface area contributed by atoms with E-state index in [9.17, 15) is 23.1 Å². The smallest absolute Gasteiger partial charge is 0.388 e. The molecule has 0 aromatic heterocycles. The molecule has 1 fully saturated rings. The van der Waals surface area contributed by atoms with E-state index in [1.54, 1.807) is 0 Å². The fourth-order valence-corrected chi connectivity index (χ4v) is 2.11. The normalized spacial score (nSPS) is 35.5. The molecule has 1 amide bonds. The Hall–Kier alpha value is -0.755. The van der Waals surface area contributed by atoms with Crippen LogP contribution in [0.1, 0.15) is 6.92 Å². The maximum Gasteiger partial charge on any atom is 0.471 e. The van der Waals surface area contributed by atoms with E-state index in [-0.39, 0.29) is 0 Å². The number of likely N-dealkylation sites (tertiary alicyclic amines) is 1. The number of amides is 1. The SMILES string of the molecule is B[C@H]1[C@H](OC)[C@H](O)[C@@H](C)N1C(=O)C(F)(F)F. The molecule has 92 valence electrons. The number of halogens is 3. The van der Waals surface area contributed by atoms with Gasteiger partial charge in [0.25, 0.3) is 0 Å². The van der Waals surface area contributed by atoms with Gasteiger partial charge in [-0.05, 0) is 6.92 Å². The van der Waals surface area contributed by atoms with Crippen LogP contribution in [-0.4, -0.2) is 61.2 Å². The molecule has 0 unspecified atom stereocenters. The molecule has 8 heteroatoms. The average molecular weight is 239 g/mol. The number of hydrogen-bond acceptors (Lipinski definition) is 3. The third-order valence-corrected chi connectivity index (χ3v) is 2.93. The van der Waals surface area contributed by atoms with Crippen molar-refractivity contribution in [2.24, 2.45) is 0 Å². The Morgan fingerprint density at radius 3 is 2.31 bits per heavy atom. The van der Waals surface area contributed by atoms with Crippen molar-refractivity contribution in [2.75, 3.05) is 7.11 Å². The Labute approximate surface area is 91.8 Å². The van der Waals surface area contributed by atoms with Crippen molar-refractivity contribution in [3.8, 4) is 0 Å². The first-order valence-corrected chi connectivity index (χ1v) is 4.82. The lowest BCUT2D eigenvalue weighted by molar-refractivity contribution is -0.187. The van der Waals surface area contributed by atoms with Gasteiger partial charge in [-0.2, -0.15) is 13.2 Å². The lowest BCUT2D eigenvalue weighted by Crippen LogP contribution is -2.49. The summed E-state index contributed by atoms with van der Waals surface area (Å²) in [6.07, 6.45) is -6.82. The van der Waals surface area contributed by atoms with Crippen molar-refractivity contribution in [3.63, 3.8) is 0 Å². The molecular formula is C8H13BF3NO3. The summed E-state index contributed by atoms with van der Waals surface area (Å²) >= 11 is 0. The molecule has 1 aliphatic heterocycles. The molecule has 4 nitrogen and oxygen atoms in total. The molecule has 0 saturated carbocycles. The van der Waals surface area contributed by atoms with Crippen LogP contribution in [0.5, 0.6) is 0 Å². The lowest BCUT2D eigenvalue weighted by Gasteiger charge is -2.27.